The largest absolute Gasteiger partial charge is 0.313 e. The summed E-state index contributed by atoms with van der Waals surface area (Å²) in [5, 5.41) is 3.26. The van der Waals surface area contributed by atoms with Crippen LogP contribution in [0.1, 0.15) is 23.6 Å². The minimum atomic E-state index is -0.180. The SMILES string of the molecule is CCNCc1cc(F)ccc1-c1cc(C)cc(C)c1. The fraction of sp³-hybridized carbons (Fsp3) is 0.294. The van der Waals surface area contributed by atoms with E-state index in [2.05, 4.69) is 44.3 Å². The van der Waals surface area contributed by atoms with Gasteiger partial charge in [-0.2, -0.15) is 0 Å². The molecule has 0 aliphatic heterocycles. The predicted molar refractivity (Wildman–Crippen MR) is 78.7 cm³/mol. The number of rotatable bonds is 4. The normalized spacial score (nSPS) is 10.7. The summed E-state index contributed by atoms with van der Waals surface area (Å²) in [6, 6.07) is 11.5. The highest BCUT2D eigenvalue weighted by Gasteiger charge is 2.07. The van der Waals surface area contributed by atoms with Crippen molar-refractivity contribution in [2.24, 2.45) is 0 Å². The van der Waals surface area contributed by atoms with Crippen molar-refractivity contribution in [2.45, 2.75) is 27.3 Å². The lowest BCUT2D eigenvalue weighted by Crippen LogP contribution is -2.12. The lowest BCUT2D eigenvalue weighted by molar-refractivity contribution is 0.622. The van der Waals surface area contributed by atoms with Crippen LogP contribution in [0.2, 0.25) is 0 Å². The Kier molecular flexibility index (Phi) is 4.33. The van der Waals surface area contributed by atoms with Gasteiger partial charge in [0.25, 0.3) is 0 Å². The monoisotopic (exact) mass is 257 g/mol. The molecule has 0 saturated carbocycles. The molecule has 0 amide bonds. The molecule has 0 aromatic heterocycles. The molecule has 19 heavy (non-hydrogen) atoms. The zero-order valence-corrected chi connectivity index (χ0v) is 11.8. The van der Waals surface area contributed by atoms with Gasteiger partial charge in [-0.05, 0) is 49.2 Å². The molecule has 2 aromatic rings. The maximum atomic E-state index is 13.4. The van der Waals surface area contributed by atoms with Gasteiger partial charge in [-0.3, -0.25) is 0 Å². The molecular formula is C17H20FN. The van der Waals surface area contributed by atoms with Crippen LogP contribution in [-0.2, 0) is 6.54 Å². The Balaban J connectivity index is 2.47. The summed E-state index contributed by atoms with van der Waals surface area (Å²) in [4.78, 5) is 0. The second kappa shape index (κ2) is 5.98. The van der Waals surface area contributed by atoms with Gasteiger partial charge in [0.2, 0.25) is 0 Å². The predicted octanol–water partition coefficient (Wildman–Crippen LogP) is 4.22. The molecule has 0 fully saturated rings. The first kappa shape index (κ1) is 13.8. The summed E-state index contributed by atoms with van der Waals surface area (Å²) >= 11 is 0. The fourth-order valence-electron chi connectivity index (χ4n) is 2.38. The Morgan fingerprint density at radius 3 is 2.32 bits per heavy atom. The Morgan fingerprint density at radius 2 is 1.68 bits per heavy atom. The summed E-state index contributed by atoms with van der Waals surface area (Å²) < 4.78 is 13.4. The van der Waals surface area contributed by atoms with Gasteiger partial charge >= 0.3 is 0 Å². The molecule has 0 heterocycles. The molecule has 2 heteroatoms. The van der Waals surface area contributed by atoms with Crippen LogP contribution >= 0.6 is 0 Å². The van der Waals surface area contributed by atoms with E-state index in [0.717, 1.165) is 23.2 Å². The molecule has 2 rings (SSSR count). The van der Waals surface area contributed by atoms with Crippen LogP contribution in [-0.4, -0.2) is 6.54 Å². The zero-order valence-electron chi connectivity index (χ0n) is 11.8. The molecule has 0 atom stereocenters. The van der Waals surface area contributed by atoms with Gasteiger partial charge < -0.3 is 5.32 Å². The van der Waals surface area contributed by atoms with Gasteiger partial charge in [0, 0.05) is 6.54 Å². The third-order valence-electron chi connectivity index (χ3n) is 3.17. The van der Waals surface area contributed by atoms with E-state index in [9.17, 15) is 4.39 Å². The second-order valence-corrected chi connectivity index (χ2v) is 4.96. The van der Waals surface area contributed by atoms with E-state index in [0.29, 0.717) is 6.54 Å². The number of hydrogen-bond acceptors (Lipinski definition) is 1. The summed E-state index contributed by atoms with van der Waals surface area (Å²) in [6.07, 6.45) is 0. The molecule has 0 radical (unpaired) electrons. The number of benzene rings is 2. The third kappa shape index (κ3) is 3.42. The van der Waals surface area contributed by atoms with E-state index in [1.165, 1.54) is 17.2 Å². The highest BCUT2D eigenvalue weighted by molar-refractivity contribution is 5.68. The van der Waals surface area contributed by atoms with E-state index >= 15 is 0 Å². The van der Waals surface area contributed by atoms with Crippen LogP contribution in [0.5, 0.6) is 0 Å². The van der Waals surface area contributed by atoms with Gasteiger partial charge in [0.1, 0.15) is 5.82 Å². The molecule has 1 nitrogen and oxygen atoms in total. The highest BCUT2D eigenvalue weighted by atomic mass is 19.1. The summed E-state index contributed by atoms with van der Waals surface area (Å²) in [7, 11) is 0. The molecule has 0 bridgehead atoms. The first-order valence-electron chi connectivity index (χ1n) is 6.68. The van der Waals surface area contributed by atoms with Gasteiger partial charge in [0.15, 0.2) is 0 Å². The molecule has 0 unspecified atom stereocenters. The average molecular weight is 257 g/mol. The summed E-state index contributed by atoms with van der Waals surface area (Å²) in [6.45, 7) is 7.79. The Hall–Kier alpha value is -1.67. The quantitative estimate of drug-likeness (QED) is 0.864. The standard InChI is InChI=1S/C17H20FN/c1-4-19-11-15-10-16(18)5-6-17(15)14-8-12(2)7-13(3)9-14/h5-10,19H,4,11H2,1-3H3. The lowest BCUT2D eigenvalue weighted by Gasteiger charge is -2.12. The first-order valence-corrected chi connectivity index (χ1v) is 6.68. The maximum Gasteiger partial charge on any atom is 0.123 e. The zero-order chi connectivity index (χ0) is 13.8. The molecule has 2 aromatic carbocycles. The Labute approximate surface area is 114 Å². The van der Waals surface area contributed by atoms with Gasteiger partial charge in [-0.15, -0.1) is 0 Å². The molecule has 0 aliphatic carbocycles. The number of aryl methyl sites for hydroxylation is 2. The van der Waals surface area contributed by atoms with E-state index < -0.39 is 0 Å². The van der Waals surface area contributed by atoms with Crippen molar-refractivity contribution < 1.29 is 4.39 Å². The minimum absolute atomic E-state index is 0.180. The first-order chi connectivity index (χ1) is 9.10. The van der Waals surface area contributed by atoms with Crippen LogP contribution in [0, 0.1) is 19.7 Å². The van der Waals surface area contributed by atoms with E-state index in [1.807, 2.05) is 6.07 Å². The maximum absolute atomic E-state index is 13.4. The topological polar surface area (TPSA) is 12.0 Å². The average Bonchev–Trinajstić information content (AvgIpc) is 2.35. The van der Waals surface area contributed by atoms with Crippen LogP contribution < -0.4 is 5.32 Å². The van der Waals surface area contributed by atoms with Gasteiger partial charge in [-0.25, -0.2) is 4.39 Å². The minimum Gasteiger partial charge on any atom is -0.313 e. The number of nitrogens with one attached hydrogen (secondary N) is 1. The molecule has 1 N–H and O–H groups in total. The smallest absolute Gasteiger partial charge is 0.123 e. The molecule has 0 spiro atoms. The van der Waals surface area contributed by atoms with E-state index in [-0.39, 0.29) is 5.82 Å². The Morgan fingerprint density at radius 1 is 1.00 bits per heavy atom. The van der Waals surface area contributed by atoms with Crippen LogP contribution in [0.25, 0.3) is 11.1 Å². The second-order valence-electron chi connectivity index (χ2n) is 4.96. The number of hydrogen-bond donors (Lipinski definition) is 1. The van der Waals surface area contributed by atoms with Crippen molar-refractivity contribution in [2.75, 3.05) is 6.54 Å². The van der Waals surface area contributed by atoms with Crippen LogP contribution in [0.15, 0.2) is 36.4 Å². The van der Waals surface area contributed by atoms with E-state index in [4.69, 9.17) is 0 Å². The van der Waals surface area contributed by atoms with Crippen molar-refractivity contribution >= 4 is 0 Å². The van der Waals surface area contributed by atoms with Crippen molar-refractivity contribution in [1.82, 2.24) is 5.32 Å². The van der Waals surface area contributed by atoms with Crippen LogP contribution in [0.4, 0.5) is 4.39 Å². The van der Waals surface area contributed by atoms with Gasteiger partial charge in [0.05, 0.1) is 0 Å². The number of halogens is 1. The van der Waals surface area contributed by atoms with Crippen molar-refractivity contribution in [3.05, 3.63) is 58.9 Å². The molecular weight excluding hydrogens is 237 g/mol. The molecule has 0 aliphatic rings. The molecule has 100 valence electrons. The molecule has 0 saturated heterocycles. The lowest BCUT2D eigenvalue weighted by atomic mass is 9.96. The van der Waals surface area contributed by atoms with Crippen molar-refractivity contribution in [1.29, 1.82) is 0 Å². The van der Waals surface area contributed by atoms with Crippen LogP contribution in [0.3, 0.4) is 0 Å². The third-order valence-corrected chi connectivity index (χ3v) is 3.17. The van der Waals surface area contributed by atoms with Crippen molar-refractivity contribution in [3.63, 3.8) is 0 Å². The van der Waals surface area contributed by atoms with E-state index in [1.54, 1.807) is 6.07 Å². The van der Waals surface area contributed by atoms with Gasteiger partial charge in [-0.1, -0.05) is 42.3 Å². The summed E-state index contributed by atoms with van der Waals surface area (Å²) in [5.74, 6) is -0.180. The summed E-state index contributed by atoms with van der Waals surface area (Å²) in [5.41, 5.74) is 5.73. The Bertz CT molecular complexity index is 555. The highest BCUT2D eigenvalue weighted by Crippen LogP contribution is 2.26. The van der Waals surface area contributed by atoms with Crippen molar-refractivity contribution in [3.8, 4) is 11.1 Å². The fourth-order valence-corrected chi connectivity index (χ4v) is 2.38.